The van der Waals surface area contributed by atoms with Crippen molar-refractivity contribution in [2.45, 2.75) is 78.6 Å². The maximum atomic E-state index is 13.1. The molecule has 128 valence electrons. The van der Waals surface area contributed by atoms with Crippen molar-refractivity contribution in [2.75, 3.05) is 0 Å². The van der Waals surface area contributed by atoms with E-state index in [4.69, 9.17) is 0 Å². The molecule has 4 saturated carbocycles. The van der Waals surface area contributed by atoms with Gasteiger partial charge in [0, 0.05) is 18.3 Å². The lowest BCUT2D eigenvalue weighted by molar-refractivity contribution is -0.157. The van der Waals surface area contributed by atoms with Gasteiger partial charge in [-0.25, -0.2) is 0 Å². The summed E-state index contributed by atoms with van der Waals surface area (Å²) in [7, 11) is 0. The quantitative estimate of drug-likeness (QED) is 0.696. The number of carbonyl (C=O) groups excluding carboxylic acids is 2. The SMILES string of the molecule is CC(=O)[C@@H]1CC[C@@H]2[C@@H]3C(=O)C[C@H]4CCCC[C@]4(C)[C@H]3CC[C@@]21C. The zero-order valence-electron chi connectivity index (χ0n) is 15.1. The number of ketones is 2. The average molecular weight is 316 g/mol. The average Bonchev–Trinajstić information content (AvgIpc) is 2.85. The van der Waals surface area contributed by atoms with E-state index in [0.717, 1.165) is 19.3 Å². The van der Waals surface area contributed by atoms with Gasteiger partial charge in [0.15, 0.2) is 0 Å². The van der Waals surface area contributed by atoms with Crippen molar-refractivity contribution in [3.63, 3.8) is 0 Å². The summed E-state index contributed by atoms with van der Waals surface area (Å²) >= 11 is 0. The predicted molar refractivity (Wildman–Crippen MR) is 90.9 cm³/mol. The minimum atomic E-state index is 0.0977. The molecular formula is C21H32O2. The molecule has 0 spiro atoms. The summed E-state index contributed by atoms with van der Waals surface area (Å²) in [4.78, 5) is 25.3. The van der Waals surface area contributed by atoms with Crippen LogP contribution < -0.4 is 0 Å². The maximum Gasteiger partial charge on any atom is 0.136 e. The van der Waals surface area contributed by atoms with Crippen LogP contribution in [0.1, 0.15) is 78.6 Å². The topological polar surface area (TPSA) is 34.1 Å². The van der Waals surface area contributed by atoms with E-state index < -0.39 is 0 Å². The molecule has 0 saturated heterocycles. The zero-order chi connectivity index (χ0) is 16.4. The monoisotopic (exact) mass is 316 g/mol. The van der Waals surface area contributed by atoms with Gasteiger partial charge in [0.1, 0.15) is 11.6 Å². The zero-order valence-corrected chi connectivity index (χ0v) is 15.1. The van der Waals surface area contributed by atoms with Crippen molar-refractivity contribution in [3.05, 3.63) is 0 Å². The van der Waals surface area contributed by atoms with Crippen LogP contribution >= 0.6 is 0 Å². The highest BCUT2D eigenvalue weighted by Gasteiger charge is 2.62. The number of hydrogen-bond acceptors (Lipinski definition) is 2. The highest BCUT2D eigenvalue weighted by Crippen LogP contribution is 2.66. The third kappa shape index (κ3) is 2.05. The number of hydrogen-bond donors (Lipinski definition) is 0. The Morgan fingerprint density at radius 1 is 0.957 bits per heavy atom. The molecule has 0 aromatic heterocycles. The van der Waals surface area contributed by atoms with Gasteiger partial charge in [0.2, 0.25) is 0 Å². The Balaban J connectivity index is 1.69. The van der Waals surface area contributed by atoms with Crippen LogP contribution in [0.4, 0.5) is 0 Å². The van der Waals surface area contributed by atoms with Crippen LogP contribution in [0.3, 0.4) is 0 Å². The molecular weight excluding hydrogens is 284 g/mol. The second-order valence-corrected chi connectivity index (χ2v) is 9.64. The van der Waals surface area contributed by atoms with Crippen molar-refractivity contribution in [3.8, 4) is 0 Å². The minimum Gasteiger partial charge on any atom is -0.300 e. The van der Waals surface area contributed by atoms with Gasteiger partial charge in [-0.1, -0.05) is 26.7 Å². The Hall–Kier alpha value is -0.660. The van der Waals surface area contributed by atoms with Gasteiger partial charge in [-0.3, -0.25) is 9.59 Å². The molecule has 0 aromatic rings. The molecule has 4 rings (SSSR count). The van der Waals surface area contributed by atoms with Crippen LogP contribution in [0, 0.1) is 40.4 Å². The molecule has 2 heteroatoms. The van der Waals surface area contributed by atoms with E-state index in [1.54, 1.807) is 6.92 Å². The lowest BCUT2D eigenvalue weighted by Crippen LogP contribution is -2.56. The van der Waals surface area contributed by atoms with Crippen LogP contribution in [-0.4, -0.2) is 11.6 Å². The first-order chi connectivity index (χ1) is 10.9. The van der Waals surface area contributed by atoms with Crippen LogP contribution in [0.2, 0.25) is 0 Å². The Bertz CT molecular complexity index is 538. The lowest BCUT2D eigenvalue weighted by Gasteiger charge is -2.59. The molecule has 2 nitrogen and oxygen atoms in total. The first-order valence-electron chi connectivity index (χ1n) is 9.91. The van der Waals surface area contributed by atoms with Crippen molar-refractivity contribution in [1.29, 1.82) is 0 Å². The van der Waals surface area contributed by atoms with Gasteiger partial charge in [0.25, 0.3) is 0 Å². The number of rotatable bonds is 1. The molecule has 4 aliphatic rings. The van der Waals surface area contributed by atoms with Gasteiger partial charge in [-0.05, 0) is 74.0 Å². The molecule has 0 bridgehead atoms. The van der Waals surface area contributed by atoms with E-state index in [2.05, 4.69) is 13.8 Å². The fourth-order valence-electron chi connectivity index (χ4n) is 7.63. The second-order valence-electron chi connectivity index (χ2n) is 9.64. The summed E-state index contributed by atoms with van der Waals surface area (Å²) in [5.41, 5.74) is 0.493. The summed E-state index contributed by atoms with van der Waals surface area (Å²) in [5.74, 6) is 3.09. The van der Waals surface area contributed by atoms with Gasteiger partial charge in [-0.2, -0.15) is 0 Å². The second kappa shape index (κ2) is 5.17. The Kier molecular flexibility index (Phi) is 3.56. The molecule has 0 radical (unpaired) electrons. The first kappa shape index (κ1) is 15.8. The molecule has 0 amide bonds. The minimum absolute atomic E-state index is 0.0977. The molecule has 0 unspecified atom stereocenters. The van der Waals surface area contributed by atoms with E-state index in [1.165, 1.54) is 38.5 Å². The van der Waals surface area contributed by atoms with E-state index >= 15 is 0 Å². The molecule has 4 fully saturated rings. The fourth-order valence-corrected chi connectivity index (χ4v) is 7.63. The summed E-state index contributed by atoms with van der Waals surface area (Å²) in [6.45, 7) is 6.60. The number of fused-ring (bicyclic) bond motifs is 5. The standard InChI is InChI=1S/C21H32O2/c1-13(22)15-7-8-16-19-17(9-11-21(15,16)3)20(2)10-5-4-6-14(20)12-18(19)23/h14-17,19H,4-12H2,1-3H3/t14-,15+,16-,17+,19+,20+,21-/m1/s1. The van der Waals surface area contributed by atoms with Crippen LogP contribution in [0.25, 0.3) is 0 Å². The molecule has 4 aliphatic carbocycles. The number of carbonyl (C=O) groups is 2. The van der Waals surface area contributed by atoms with Gasteiger partial charge in [0.05, 0.1) is 0 Å². The van der Waals surface area contributed by atoms with Crippen LogP contribution in [0.5, 0.6) is 0 Å². The molecule has 23 heavy (non-hydrogen) atoms. The van der Waals surface area contributed by atoms with Crippen molar-refractivity contribution < 1.29 is 9.59 Å². The van der Waals surface area contributed by atoms with Crippen molar-refractivity contribution in [2.24, 2.45) is 40.4 Å². The maximum absolute atomic E-state index is 13.1. The van der Waals surface area contributed by atoms with E-state index in [1.807, 2.05) is 0 Å². The number of Topliss-reactive ketones (excluding diaryl/α,β-unsaturated/α-hetero) is 2. The van der Waals surface area contributed by atoms with E-state index in [0.29, 0.717) is 34.7 Å². The molecule has 0 heterocycles. The lowest BCUT2D eigenvalue weighted by atomic mass is 9.44. The van der Waals surface area contributed by atoms with Crippen LogP contribution in [-0.2, 0) is 9.59 Å². The summed E-state index contributed by atoms with van der Waals surface area (Å²) in [6.07, 6.45) is 10.6. The Morgan fingerprint density at radius 2 is 1.70 bits per heavy atom. The highest BCUT2D eigenvalue weighted by molar-refractivity contribution is 5.84. The van der Waals surface area contributed by atoms with Gasteiger partial charge < -0.3 is 0 Å². The Morgan fingerprint density at radius 3 is 2.43 bits per heavy atom. The highest BCUT2D eigenvalue weighted by atomic mass is 16.1. The van der Waals surface area contributed by atoms with Crippen LogP contribution in [0.15, 0.2) is 0 Å². The van der Waals surface area contributed by atoms with Crippen molar-refractivity contribution in [1.82, 2.24) is 0 Å². The van der Waals surface area contributed by atoms with E-state index in [9.17, 15) is 9.59 Å². The largest absolute Gasteiger partial charge is 0.300 e. The molecule has 7 atom stereocenters. The third-order valence-electron chi connectivity index (χ3n) is 8.88. The van der Waals surface area contributed by atoms with Crippen molar-refractivity contribution >= 4 is 11.6 Å². The molecule has 0 aliphatic heterocycles. The normalized spacial score (nSPS) is 52.5. The Labute approximate surface area is 140 Å². The summed E-state index contributed by atoms with van der Waals surface area (Å²) in [5, 5.41) is 0. The van der Waals surface area contributed by atoms with Gasteiger partial charge in [-0.15, -0.1) is 0 Å². The summed E-state index contributed by atoms with van der Waals surface area (Å²) in [6, 6.07) is 0. The predicted octanol–water partition coefficient (Wildman–Crippen LogP) is 4.80. The third-order valence-corrected chi connectivity index (χ3v) is 8.88. The smallest absolute Gasteiger partial charge is 0.136 e. The molecule has 0 N–H and O–H groups in total. The molecule has 0 aromatic carbocycles. The van der Waals surface area contributed by atoms with Gasteiger partial charge >= 0.3 is 0 Å². The summed E-state index contributed by atoms with van der Waals surface area (Å²) < 4.78 is 0. The fraction of sp³-hybridized carbons (Fsp3) is 0.905. The van der Waals surface area contributed by atoms with E-state index in [-0.39, 0.29) is 17.3 Å². The first-order valence-corrected chi connectivity index (χ1v) is 9.91.